The van der Waals surface area contributed by atoms with Gasteiger partial charge in [0.2, 0.25) is 0 Å². The minimum atomic E-state index is 0.695. The van der Waals surface area contributed by atoms with Gasteiger partial charge in [0, 0.05) is 5.75 Å². The molecule has 0 aliphatic heterocycles. The Labute approximate surface area is 111 Å². The highest BCUT2D eigenvalue weighted by Crippen LogP contribution is 2.22. The molecule has 1 aromatic heterocycles. The number of benzene rings is 1. The molecule has 3 nitrogen and oxygen atoms in total. The Balaban J connectivity index is 1.91. The zero-order chi connectivity index (χ0) is 12.8. The van der Waals surface area contributed by atoms with Gasteiger partial charge in [0.15, 0.2) is 0 Å². The summed E-state index contributed by atoms with van der Waals surface area (Å²) in [6.45, 7) is 2.68. The Morgan fingerprint density at radius 2 is 1.94 bits per heavy atom. The minimum Gasteiger partial charge on any atom is -0.494 e. The molecule has 94 valence electrons. The van der Waals surface area contributed by atoms with E-state index in [-0.39, 0.29) is 0 Å². The summed E-state index contributed by atoms with van der Waals surface area (Å²) in [5.74, 6) is 1.81. The molecule has 4 heteroatoms. The van der Waals surface area contributed by atoms with Crippen molar-refractivity contribution in [1.29, 1.82) is 0 Å². The Morgan fingerprint density at radius 1 is 1.17 bits per heavy atom. The molecule has 0 aliphatic rings. The van der Waals surface area contributed by atoms with Crippen LogP contribution in [0.5, 0.6) is 5.75 Å². The summed E-state index contributed by atoms with van der Waals surface area (Å²) >= 11 is 1.69. The Hall–Kier alpha value is -1.68. The average molecular weight is 260 g/mol. The van der Waals surface area contributed by atoms with Crippen molar-refractivity contribution >= 4 is 17.4 Å². The zero-order valence-corrected chi connectivity index (χ0v) is 11.1. The minimum absolute atomic E-state index is 0.695. The van der Waals surface area contributed by atoms with Gasteiger partial charge in [0.25, 0.3) is 0 Å². The van der Waals surface area contributed by atoms with Crippen LogP contribution in [0.4, 0.5) is 5.69 Å². The lowest BCUT2D eigenvalue weighted by atomic mass is 10.2. The summed E-state index contributed by atoms with van der Waals surface area (Å²) in [5.41, 5.74) is 7.54. The molecule has 1 heterocycles. The predicted octanol–water partition coefficient (Wildman–Crippen LogP) is 3.35. The molecular weight excluding hydrogens is 244 g/mol. The number of aromatic nitrogens is 1. The maximum atomic E-state index is 5.59. The van der Waals surface area contributed by atoms with Crippen LogP contribution in [0.15, 0.2) is 47.6 Å². The maximum absolute atomic E-state index is 5.59. The summed E-state index contributed by atoms with van der Waals surface area (Å²) in [6.07, 6.45) is 1.68. The van der Waals surface area contributed by atoms with Crippen LogP contribution in [0.25, 0.3) is 0 Å². The SMILES string of the molecule is CCOc1ccc(CSc2ccc(N)cn2)cc1. The van der Waals surface area contributed by atoms with Crippen molar-refractivity contribution in [2.45, 2.75) is 17.7 Å². The van der Waals surface area contributed by atoms with Gasteiger partial charge < -0.3 is 10.5 Å². The Kier molecular flexibility index (Phi) is 4.47. The lowest BCUT2D eigenvalue weighted by molar-refractivity contribution is 0.340. The second-order valence-corrected chi connectivity index (χ2v) is 4.79. The molecule has 2 aromatic rings. The number of anilines is 1. The Bertz CT molecular complexity index is 482. The average Bonchev–Trinajstić information content (AvgIpc) is 2.40. The van der Waals surface area contributed by atoms with E-state index < -0.39 is 0 Å². The van der Waals surface area contributed by atoms with E-state index in [1.165, 1.54) is 5.56 Å². The fourth-order valence-corrected chi connectivity index (χ4v) is 2.28. The third-order valence-corrected chi connectivity index (χ3v) is 3.40. The molecule has 0 spiro atoms. The third-order valence-electron chi connectivity index (χ3n) is 2.38. The molecule has 1 aromatic carbocycles. The maximum Gasteiger partial charge on any atom is 0.119 e. The van der Waals surface area contributed by atoms with E-state index in [9.17, 15) is 0 Å². The lowest BCUT2D eigenvalue weighted by Gasteiger charge is -2.05. The molecule has 0 unspecified atom stereocenters. The number of ether oxygens (including phenoxy) is 1. The molecule has 0 aliphatic carbocycles. The van der Waals surface area contributed by atoms with E-state index in [2.05, 4.69) is 17.1 Å². The number of nitrogens with zero attached hydrogens (tertiary/aromatic N) is 1. The highest BCUT2D eigenvalue weighted by Gasteiger charge is 1.98. The van der Waals surface area contributed by atoms with Gasteiger partial charge >= 0.3 is 0 Å². The molecule has 0 bridgehead atoms. The van der Waals surface area contributed by atoms with Gasteiger partial charge in [-0.25, -0.2) is 4.98 Å². The van der Waals surface area contributed by atoms with Gasteiger partial charge in [-0.2, -0.15) is 0 Å². The molecule has 2 rings (SSSR count). The first-order valence-corrected chi connectivity index (χ1v) is 6.82. The lowest BCUT2D eigenvalue weighted by Crippen LogP contribution is -1.91. The van der Waals surface area contributed by atoms with Gasteiger partial charge in [-0.1, -0.05) is 12.1 Å². The van der Waals surface area contributed by atoms with Crippen LogP contribution in [-0.4, -0.2) is 11.6 Å². The van der Waals surface area contributed by atoms with E-state index >= 15 is 0 Å². The Morgan fingerprint density at radius 3 is 2.56 bits per heavy atom. The number of nitrogens with two attached hydrogens (primary N) is 1. The van der Waals surface area contributed by atoms with Gasteiger partial charge in [-0.15, -0.1) is 11.8 Å². The van der Waals surface area contributed by atoms with Gasteiger partial charge in [-0.05, 0) is 36.8 Å². The largest absolute Gasteiger partial charge is 0.494 e. The second kappa shape index (κ2) is 6.31. The number of hydrogen-bond donors (Lipinski definition) is 1. The van der Waals surface area contributed by atoms with Gasteiger partial charge in [-0.3, -0.25) is 0 Å². The molecule has 0 saturated carbocycles. The fraction of sp³-hybridized carbons (Fsp3) is 0.214. The van der Waals surface area contributed by atoms with Crippen molar-refractivity contribution in [3.8, 4) is 5.75 Å². The molecule has 0 atom stereocenters. The summed E-state index contributed by atoms with van der Waals surface area (Å²) < 4.78 is 5.40. The molecule has 0 radical (unpaired) electrons. The molecular formula is C14H16N2OS. The standard InChI is InChI=1S/C14H16N2OS/c1-2-17-13-6-3-11(4-7-13)10-18-14-8-5-12(15)9-16-14/h3-9H,2,10,15H2,1H3. The van der Waals surface area contributed by atoms with E-state index in [1.807, 2.05) is 31.2 Å². The number of hydrogen-bond acceptors (Lipinski definition) is 4. The third kappa shape index (κ3) is 3.67. The van der Waals surface area contributed by atoms with Crippen LogP contribution in [0.3, 0.4) is 0 Å². The van der Waals surface area contributed by atoms with E-state index in [0.29, 0.717) is 12.3 Å². The predicted molar refractivity (Wildman–Crippen MR) is 75.8 cm³/mol. The normalized spacial score (nSPS) is 10.3. The first kappa shape index (κ1) is 12.8. The van der Waals surface area contributed by atoms with Crippen LogP contribution in [0.1, 0.15) is 12.5 Å². The second-order valence-electron chi connectivity index (χ2n) is 3.80. The molecule has 0 fully saturated rings. The van der Waals surface area contributed by atoms with Gasteiger partial charge in [0.1, 0.15) is 5.75 Å². The molecule has 0 amide bonds. The summed E-state index contributed by atoms with van der Waals surface area (Å²) in [4.78, 5) is 4.25. The number of thioether (sulfide) groups is 1. The smallest absolute Gasteiger partial charge is 0.119 e. The van der Waals surface area contributed by atoms with E-state index in [4.69, 9.17) is 10.5 Å². The van der Waals surface area contributed by atoms with Crippen molar-refractivity contribution in [3.05, 3.63) is 48.2 Å². The van der Waals surface area contributed by atoms with Crippen LogP contribution >= 0.6 is 11.8 Å². The van der Waals surface area contributed by atoms with Crippen molar-refractivity contribution in [1.82, 2.24) is 4.98 Å². The van der Waals surface area contributed by atoms with Crippen LogP contribution in [0, 0.1) is 0 Å². The zero-order valence-electron chi connectivity index (χ0n) is 10.3. The first-order valence-electron chi connectivity index (χ1n) is 5.84. The topological polar surface area (TPSA) is 48.1 Å². The van der Waals surface area contributed by atoms with E-state index in [1.54, 1.807) is 18.0 Å². The van der Waals surface area contributed by atoms with Crippen molar-refractivity contribution in [2.75, 3.05) is 12.3 Å². The van der Waals surface area contributed by atoms with Crippen molar-refractivity contribution in [3.63, 3.8) is 0 Å². The van der Waals surface area contributed by atoms with Crippen molar-refractivity contribution in [2.24, 2.45) is 0 Å². The van der Waals surface area contributed by atoms with Crippen LogP contribution in [-0.2, 0) is 5.75 Å². The number of rotatable bonds is 5. The molecule has 18 heavy (non-hydrogen) atoms. The van der Waals surface area contributed by atoms with Crippen molar-refractivity contribution < 1.29 is 4.74 Å². The highest BCUT2D eigenvalue weighted by atomic mass is 32.2. The summed E-state index contributed by atoms with van der Waals surface area (Å²) in [6, 6.07) is 12.0. The highest BCUT2D eigenvalue weighted by molar-refractivity contribution is 7.98. The first-order chi connectivity index (χ1) is 8.78. The van der Waals surface area contributed by atoms with Crippen LogP contribution < -0.4 is 10.5 Å². The molecule has 2 N–H and O–H groups in total. The van der Waals surface area contributed by atoms with Gasteiger partial charge in [0.05, 0.1) is 23.5 Å². The quantitative estimate of drug-likeness (QED) is 0.837. The number of nitrogen functional groups attached to an aromatic ring is 1. The monoisotopic (exact) mass is 260 g/mol. The number of pyridine rings is 1. The van der Waals surface area contributed by atoms with Crippen LogP contribution in [0.2, 0.25) is 0 Å². The fourth-order valence-electron chi connectivity index (χ4n) is 1.48. The van der Waals surface area contributed by atoms with E-state index in [0.717, 1.165) is 16.5 Å². The summed E-state index contributed by atoms with van der Waals surface area (Å²) in [5, 5.41) is 0.984. The summed E-state index contributed by atoms with van der Waals surface area (Å²) in [7, 11) is 0. The molecule has 0 saturated heterocycles.